The van der Waals surface area contributed by atoms with E-state index >= 15 is 0 Å². The molecule has 0 aliphatic carbocycles. The monoisotopic (exact) mass is 377 g/mol. The predicted molar refractivity (Wildman–Crippen MR) is 99.2 cm³/mol. The molecule has 0 aromatic heterocycles. The molecular weight excluding hydrogens is 350 g/mol. The molecule has 2 rings (SSSR count). The van der Waals surface area contributed by atoms with Crippen LogP contribution < -0.4 is 0 Å². The van der Waals surface area contributed by atoms with Crippen LogP contribution in [0.25, 0.3) is 0 Å². The summed E-state index contributed by atoms with van der Waals surface area (Å²) in [7, 11) is 2.96. The number of ether oxygens (including phenoxy) is 1. The van der Waals surface area contributed by atoms with Crippen LogP contribution in [0.2, 0.25) is 0 Å². The number of carbonyl (C=O) groups excluding carboxylic acids is 2. The molecule has 1 heterocycles. The molecule has 1 amide bonds. The van der Waals surface area contributed by atoms with Crippen LogP contribution in [-0.2, 0) is 20.8 Å². The van der Waals surface area contributed by atoms with Gasteiger partial charge in [-0.2, -0.15) is 0 Å². The van der Waals surface area contributed by atoms with E-state index in [-0.39, 0.29) is 41.4 Å². The lowest BCUT2D eigenvalue weighted by atomic mass is 9.88. The first-order chi connectivity index (χ1) is 12.8. The second-order valence-electron chi connectivity index (χ2n) is 6.85. The van der Waals surface area contributed by atoms with Crippen LogP contribution in [-0.4, -0.2) is 47.4 Å². The summed E-state index contributed by atoms with van der Waals surface area (Å²) in [5, 5.41) is 21.3. The van der Waals surface area contributed by atoms with Crippen molar-refractivity contribution >= 4 is 11.9 Å². The molecule has 1 aliphatic heterocycles. The van der Waals surface area contributed by atoms with Gasteiger partial charge in [-0.15, -0.1) is 0 Å². The van der Waals surface area contributed by atoms with E-state index in [1.807, 2.05) is 12.2 Å². The van der Waals surface area contributed by atoms with Gasteiger partial charge in [-0.05, 0) is 43.7 Å². The number of amides is 1. The Balaban J connectivity index is 2.37. The van der Waals surface area contributed by atoms with Crippen LogP contribution in [0.4, 0.5) is 0 Å². The van der Waals surface area contributed by atoms with Gasteiger partial charge in [-0.3, -0.25) is 9.63 Å². The minimum absolute atomic E-state index is 0.0433. The molecule has 0 saturated carbocycles. The van der Waals surface area contributed by atoms with Crippen molar-refractivity contribution in [3.05, 3.63) is 35.4 Å². The molecule has 2 atom stereocenters. The van der Waals surface area contributed by atoms with E-state index in [2.05, 4.69) is 0 Å². The molecular formula is C20H27NO6. The van der Waals surface area contributed by atoms with E-state index in [4.69, 9.17) is 9.57 Å². The second kappa shape index (κ2) is 9.41. The average Bonchev–Trinajstić information content (AvgIpc) is 2.58. The number of carbonyl (C=O) groups is 2. The van der Waals surface area contributed by atoms with E-state index in [1.54, 1.807) is 14.0 Å². The van der Waals surface area contributed by atoms with Crippen LogP contribution in [0.1, 0.15) is 48.5 Å². The van der Waals surface area contributed by atoms with Crippen LogP contribution in [0.5, 0.6) is 11.5 Å². The Morgan fingerprint density at radius 3 is 2.78 bits per heavy atom. The van der Waals surface area contributed by atoms with Gasteiger partial charge in [0, 0.05) is 26.0 Å². The fraction of sp³-hybridized carbons (Fsp3) is 0.500. The number of nitrogens with zero attached hydrogens (tertiary/aromatic N) is 1. The number of esters is 1. The van der Waals surface area contributed by atoms with Crippen molar-refractivity contribution in [3.8, 4) is 11.5 Å². The smallest absolute Gasteiger partial charge is 0.342 e. The topological polar surface area (TPSA) is 96.3 Å². The first-order valence-corrected chi connectivity index (χ1v) is 9.03. The summed E-state index contributed by atoms with van der Waals surface area (Å²) in [6.07, 6.45) is 6.27. The summed E-state index contributed by atoms with van der Waals surface area (Å²) in [4.78, 5) is 29.8. The van der Waals surface area contributed by atoms with Crippen LogP contribution in [0.15, 0.2) is 24.3 Å². The number of hydroxylamine groups is 2. The fourth-order valence-electron chi connectivity index (χ4n) is 3.16. The van der Waals surface area contributed by atoms with E-state index in [0.717, 1.165) is 18.9 Å². The van der Waals surface area contributed by atoms with Gasteiger partial charge >= 0.3 is 5.97 Å². The zero-order chi connectivity index (χ0) is 20.0. The van der Waals surface area contributed by atoms with Gasteiger partial charge in [0.05, 0.1) is 7.11 Å². The highest BCUT2D eigenvalue weighted by Gasteiger charge is 2.25. The number of phenolic OH excluding ortho intramolecular Hbond substituents is 2. The number of phenols is 2. The van der Waals surface area contributed by atoms with Gasteiger partial charge in [-0.25, -0.2) is 9.86 Å². The Hall–Kier alpha value is -2.54. The lowest BCUT2D eigenvalue weighted by Crippen LogP contribution is -2.28. The van der Waals surface area contributed by atoms with E-state index in [1.165, 1.54) is 18.2 Å². The van der Waals surface area contributed by atoms with Crippen LogP contribution in [0.3, 0.4) is 0 Å². The van der Waals surface area contributed by atoms with Crippen molar-refractivity contribution in [2.75, 3.05) is 14.2 Å². The summed E-state index contributed by atoms with van der Waals surface area (Å²) in [6, 6.07) is 2.56. The molecule has 0 saturated heterocycles. The first kappa shape index (κ1) is 20.8. The summed E-state index contributed by atoms with van der Waals surface area (Å²) < 4.78 is 5.42. The molecule has 0 spiro atoms. The Kier molecular flexibility index (Phi) is 7.24. The van der Waals surface area contributed by atoms with E-state index < -0.39 is 5.97 Å². The standard InChI is InChI=1S/C20H27NO6/c1-13-7-5-4-6-8-14(10-18(24)21(2)26-3)9-15-11-16(22)12-17(23)19(15)20(25)27-13/h4-5,11-14,22-23H,6-10H2,1-3H3/t13-,14?/m0/s1. The highest BCUT2D eigenvalue weighted by molar-refractivity contribution is 5.94. The Labute approximate surface area is 159 Å². The number of hydrogen-bond donors (Lipinski definition) is 2. The largest absolute Gasteiger partial charge is 0.508 e. The van der Waals surface area contributed by atoms with Gasteiger partial charge in [0.2, 0.25) is 5.91 Å². The highest BCUT2D eigenvalue weighted by atomic mass is 16.7. The maximum Gasteiger partial charge on any atom is 0.342 e. The van der Waals surface area contributed by atoms with Crippen molar-refractivity contribution in [3.63, 3.8) is 0 Å². The van der Waals surface area contributed by atoms with Crippen molar-refractivity contribution in [2.24, 2.45) is 5.92 Å². The Morgan fingerprint density at radius 2 is 2.07 bits per heavy atom. The molecule has 148 valence electrons. The van der Waals surface area contributed by atoms with Crippen LogP contribution >= 0.6 is 0 Å². The maximum absolute atomic E-state index is 12.6. The molecule has 1 unspecified atom stereocenters. The van der Waals surface area contributed by atoms with Gasteiger partial charge in [0.25, 0.3) is 0 Å². The molecule has 2 N–H and O–H groups in total. The first-order valence-electron chi connectivity index (χ1n) is 9.03. The second-order valence-corrected chi connectivity index (χ2v) is 6.85. The zero-order valence-corrected chi connectivity index (χ0v) is 16.0. The van der Waals surface area contributed by atoms with Crippen molar-refractivity contribution in [2.45, 2.75) is 45.1 Å². The number of allylic oxidation sites excluding steroid dienone is 1. The molecule has 27 heavy (non-hydrogen) atoms. The van der Waals surface area contributed by atoms with E-state index in [9.17, 15) is 19.8 Å². The molecule has 0 radical (unpaired) electrons. The average molecular weight is 377 g/mol. The predicted octanol–water partition coefficient (Wildman–Crippen LogP) is 2.95. The highest BCUT2D eigenvalue weighted by Crippen LogP contribution is 2.32. The summed E-state index contributed by atoms with van der Waals surface area (Å²) >= 11 is 0. The number of cyclic esters (lactones) is 1. The minimum Gasteiger partial charge on any atom is -0.508 e. The fourth-order valence-corrected chi connectivity index (χ4v) is 3.16. The minimum atomic E-state index is -0.636. The number of rotatable bonds is 3. The molecule has 1 aromatic rings. The third-order valence-electron chi connectivity index (χ3n) is 4.67. The van der Waals surface area contributed by atoms with Crippen molar-refractivity contribution in [1.29, 1.82) is 0 Å². The Bertz CT molecular complexity index is 715. The molecule has 7 nitrogen and oxygen atoms in total. The summed E-state index contributed by atoms with van der Waals surface area (Å²) in [5.41, 5.74) is 0.508. The van der Waals surface area contributed by atoms with Gasteiger partial charge in [0.15, 0.2) is 0 Å². The Morgan fingerprint density at radius 1 is 1.33 bits per heavy atom. The lowest BCUT2D eigenvalue weighted by molar-refractivity contribution is -0.169. The molecule has 0 fully saturated rings. The summed E-state index contributed by atoms with van der Waals surface area (Å²) in [6.45, 7) is 1.78. The van der Waals surface area contributed by atoms with Crippen molar-refractivity contribution < 1.29 is 29.4 Å². The number of aromatic hydroxyl groups is 2. The van der Waals surface area contributed by atoms with Gasteiger partial charge < -0.3 is 14.9 Å². The van der Waals surface area contributed by atoms with Gasteiger partial charge in [-0.1, -0.05) is 12.2 Å². The van der Waals surface area contributed by atoms with E-state index in [0.29, 0.717) is 18.4 Å². The zero-order valence-electron chi connectivity index (χ0n) is 16.0. The van der Waals surface area contributed by atoms with Crippen molar-refractivity contribution in [1.82, 2.24) is 5.06 Å². The summed E-state index contributed by atoms with van der Waals surface area (Å²) in [5.74, 6) is -1.37. The third-order valence-corrected chi connectivity index (χ3v) is 4.67. The quantitative estimate of drug-likeness (QED) is 0.478. The normalized spacial score (nSPS) is 20.8. The SMILES string of the molecule is CON(C)C(=O)CC1CCC=CC[C@H](C)OC(=O)c2c(O)cc(O)cc2C1. The lowest BCUT2D eigenvalue weighted by Gasteiger charge is -2.22. The number of benzene rings is 1. The van der Waals surface area contributed by atoms with Crippen LogP contribution in [0, 0.1) is 5.92 Å². The third kappa shape index (κ3) is 5.72. The number of fused-ring (bicyclic) bond motifs is 1. The molecule has 7 heteroatoms. The molecule has 0 bridgehead atoms. The molecule has 1 aromatic carbocycles. The maximum atomic E-state index is 12.6. The molecule has 1 aliphatic rings. The number of hydrogen-bond acceptors (Lipinski definition) is 6. The van der Waals surface area contributed by atoms with Gasteiger partial charge in [0.1, 0.15) is 23.2 Å².